The number of ketones is 1. The Morgan fingerprint density at radius 1 is 0.968 bits per heavy atom. The summed E-state index contributed by atoms with van der Waals surface area (Å²) < 4.78 is 0. The lowest BCUT2D eigenvalue weighted by molar-refractivity contribution is -0.130. The molecule has 2 heterocycles. The number of rotatable bonds is 4. The molecule has 1 saturated heterocycles. The fraction of sp³-hybridized carbons (Fsp3) is 0.160. The Morgan fingerprint density at radius 2 is 1.68 bits per heavy atom. The van der Waals surface area contributed by atoms with Crippen LogP contribution in [-0.4, -0.2) is 34.2 Å². The molecule has 0 aliphatic carbocycles. The highest BCUT2D eigenvalue weighted by Crippen LogP contribution is 2.31. The zero-order chi connectivity index (χ0) is 21.8. The van der Waals surface area contributed by atoms with Gasteiger partial charge in [0.15, 0.2) is 5.78 Å². The minimum atomic E-state index is -1.23. The second kappa shape index (κ2) is 6.80. The van der Waals surface area contributed by atoms with Crippen molar-refractivity contribution in [1.29, 1.82) is 0 Å². The fourth-order valence-electron chi connectivity index (χ4n) is 4.40. The number of H-pyrrole nitrogens is 1. The number of nitrogens with one attached hydrogen (secondary N) is 2. The minimum Gasteiger partial charge on any atom is -0.358 e. The molecule has 0 bridgehead atoms. The van der Waals surface area contributed by atoms with Crippen molar-refractivity contribution < 1.29 is 14.4 Å². The number of aromatic amines is 1. The number of amides is 3. The molecule has 6 heteroatoms. The van der Waals surface area contributed by atoms with E-state index in [4.69, 9.17) is 0 Å². The number of para-hydroxylation sites is 1. The third kappa shape index (κ3) is 2.91. The number of carbonyl (C=O) groups excluding carboxylic acids is 3. The van der Waals surface area contributed by atoms with E-state index < -0.39 is 17.5 Å². The zero-order valence-electron chi connectivity index (χ0n) is 17.2. The summed E-state index contributed by atoms with van der Waals surface area (Å²) in [6.45, 7) is 3.19. The molecular weight excluding hydrogens is 390 g/mol. The van der Waals surface area contributed by atoms with Crippen LogP contribution < -0.4 is 5.32 Å². The van der Waals surface area contributed by atoms with Crippen LogP contribution in [0.15, 0.2) is 66.7 Å². The summed E-state index contributed by atoms with van der Waals surface area (Å²) in [5.74, 6) is -0.708. The van der Waals surface area contributed by atoms with Gasteiger partial charge >= 0.3 is 6.03 Å². The van der Waals surface area contributed by atoms with Gasteiger partial charge in [-0.3, -0.25) is 14.5 Å². The summed E-state index contributed by atoms with van der Waals surface area (Å²) in [6, 6.07) is 20.4. The Morgan fingerprint density at radius 3 is 2.48 bits per heavy atom. The van der Waals surface area contributed by atoms with E-state index in [1.54, 1.807) is 6.92 Å². The molecule has 0 saturated carbocycles. The van der Waals surface area contributed by atoms with Gasteiger partial charge in [-0.2, -0.15) is 0 Å². The number of aryl methyl sites for hydroxylation is 1. The Labute approximate surface area is 178 Å². The van der Waals surface area contributed by atoms with Crippen LogP contribution in [0.1, 0.15) is 28.5 Å². The van der Waals surface area contributed by atoms with Gasteiger partial charge in [-0.15, -0.1) is 0 Å². The van der Waals surface area contributed by atoms with Crippen LogP contribution in [0, 0.1) is 6.92 Å². The number of hydrogen-bond donors (Lipinski definition) is 2. The standard InChI is InChI=1S/C25H21N3O3/c1-15-22(19-9-5-6-10-20(19)26-15)21(29)14-28-23(30)25(2,27-24(28)31)18-12-11-16-7-3-4-8-17(16)13-18/h3-13,26H,14H2,1-2H3,(H,27,31). The molecular formula is C25H21N3O3. The van der Waals surface area contributed by atoms with Gasteiger partial charge in [-0.1, -0.05) is 54.6 Å². The van der Waals surface area contributed by atoms with Gasteiger partial charge in [0.25, 0.3) is 5.91 Å². The summed E-state index contributed by atoms with van der Waals surface area (Å²) in [6.07, 6.45) is 0. The van der Waals surface area contributed by atoms with E-state index >= 15 is 0 Å². The van der Waals surface area contributed by atoms with E-state index in [1.165, 1.54) is 0 Å². The predicted molar refractivity (Wildman–Crippen MR) is 119 cm³/mol. The summed E-state index contributed by atoms with van der Waals surface area (Å²) in [7, 11) is 0. The molecule has 6 nitrogen and oxygen atoms in total. The van der Waals surface area contributed by atoms with Crippen molar-refractivity contribution in [2.24, 2.45) is 0 Å². The first-order valence-electron chi connectivity index (χ1n) is 10.1. The summed E-state index contributed by atoms with van der Waals surface area (Å²) in [5, 5.41) is 5.61. The molecule has 1 aliphatic rings. The van der Waals surface area contributed by atoms with Crippen LogP contribution in [0.25, 0.3) is 21.7 Å². The largest absolute Gasteiger partial charge is 0.358 e. The molecule has 154 valence electrons. The average molecular weight is 411 g/mol. The van der Waals surface area contributed by atoms with Crippen LogP contribution in [0.2, 0.25) is 0 Å². The first-order chi connectivity index (χ1) is 14.9. The van der Waals surface area contributed by atoms with Gasteiger partial charge in [0.2, 0.25) is 0 Å². The maximum atomic E-state index is 13.3. The van der Waals surface area contributed by atoms with E-state index in [9.17, 15) is 14.4 Å². The number of imide groups is 1. The molecule has 1 unspecified atom stereocenters. The zero-order valence-corrected chi connectivity index (χ0v) is 17.2. The molecule has 0 radical (unpaired) electrons. The SMILES string of the molecule is Cc1[nH]c2ccccc2c1C(=O)CN1C(=O)NC(C)(c2ccc3ccccc3c2)C1=O. The molecule has 4 aromatic rings. The highest BCUT2D eigenvalue weighted by Gasteiger charge is 2.49. The molecule has 3 aromatic carbocycles. The van der Waals surface area contributed by atoms with Crippen molar-refractivity contribution in [3.05, 3.63) is 83.6 Å². The quantitative estimate of drug-likeness (QED) is 0.388. The Kier molecular flexibility index (Phi) is 4.18. The number of nitrogens with zero attached hydrogens (tertiary/aromatic N) is 1. The van der Waals surface area contributed by atoms with E-state index in [0.29, 0.717) is 11.1 Å². The van der Waals surface area contributed by atoms with Crippen LogP contribution in [0.4, 0.5) is 4.79 Å². The van der Waals surface area contributed by atoms with E-state index in [2.05, 4.69) is 10.3 Å². The first-order valence-corrected chi connectivity index (χ1v) is 10.1. The molecule has 1 aliphatic heterocycles. The van der Waals surface area contributed by atoms with Gasteiger partial charge in [-0.25, -0.2) is 4.79 Å². The Bertz CT molecular complexity index is 1390. The van der Waals surface area contributed by atoms with Crippen molar-refractivity contribution in [3.8, 4) is 0 Å². The highest BCUT2D eigenvalue weighted by atomic mass is 16.2. The maximum absolute atomic E-state index is 13.3. The smallest absolute Gasteiger partial charge is 0.325 e. The second-order valence-electron chi connectivity index (χ2n) is 8.10. The number of aromatic nitrogens is 1. The van der Waals surface area contributed by atoms with Crippen molar-refractivity contribution >= 4 is 39.4 Å². The Balaban J connectivity index is 1.47. The molecule has 1 atom stereocenters. The third-order valence-corrected chi connectivity index (χ3v) is 6.08. The average Bonchev–Trinajstić information content (AvgIpc) is 3.22. The van der Waals surface area contributed by atoms with E-state index in [0.717, 1.165) is 32.3 Å². The van der Waals surface area contributed by atoms with Gasteiger partial charge in [0, 0.05) is 22.2 Å². The molecule has 5 rings (SSSR count). The van der Waals surface area contributed by atoms with Crippen LogP contribution >= 0.6 is 0 Å². The van der Waals surface area contributed by atoms with E-state index in [1.807, 2.05) is 73.7 Å². The van der Waals surface area contributed by atoms with Crippen LogP contribution in [0.5, 0.6) is 0 Å². The van der Waals surface area contributed by atoms with Crippen molar-refractivity contribution in [1.82, 2.24) is 15.2 Å². The molecule has 1 fully saturated rings. The van der Waals surface area contributed by atoms with Gasteiger partial charge in [0.05, 0.1) is 6.54 Å². The van der Waals surface area contributed by atoms with Crippen LogP contribution in [0.3, 0.4) is 0 Å². The summed E-state index contributed by atoms with van der Waals surface area (Å²) in [5.41, 5.74) is 1.53. The fourth-order valence-corrected chi connectivity index (χ4v) is 4.40. The van der Waals surface area contributed by atoms with Crippen molar-refractivity contribution in [2.75, 3.05) is 6.54 Å². The number of urea groups is 1. The summed E-state index contributed by atoms with van der Waals surface area (Å²) in [4.78, 5) is 43.4. The minimum absolute atomic E-state index is 0.277. The topological polar surface area (TPSA) is 82.3 Å². The lowest BCUT2D eigenvalue weighted by Crippen LogP contribution is -2.41. The Hall–Kier alpha value is -3.93. The van der Waals surface area contributed by atoms with Crippen molar-refractivity contribution in [2.45, 2.75) is 19.4 Å². The van der Waals surface area contributed by atoms with Crippen molar-refractivity contribution in [3.63, 3.8) is 0 Å². The molecule has 1 aromatic heterocycles. The lowest BCUT2D eigenvalue weighted by Gasteiger charge is -2.22. The second-order valence-corrected chi connectivity index (χ2v) is 8.10. The number of benzene rings is 3. The maximum Gasteiger partial charge on any atom is 0.325 e. The van der Waals surface area contributed by atoms with Gasteiger partial charge < -0.3 is 10.3 Å². The number of fused-ring (bicyclic) bond motifs is 2. The highest BCUT2D eigenvalue weighted by molar-refractivity contribution is 6.15. The molecule has 0 spiro atoms. The monoisotopic (exact) mass is 411 g/mol. The van der Waals surface area contributed by atoms with Gasteiger partial charge in [0.1, 0.15) is 5.54 Å². The molecule has 2 N–H and O–H groups in total. The third-order valence-electron chi connectivity index (χ3n) is 6.08. The first kappa shape index (κ1) is 19.1. The normalized spacial score (nSPS) is 18.7. The van der Waals surface area contributed by atoms with E-state index in [-0.39, 0.29) is 12.3 Å². The predicted octanol–water partition coefficient (Wildman–Crippen LogP) is 4.28. The number of carbonyl (C=O) groups is 3. The number of Topliss-reactive ketones (excluding diaryl/α,β-unsaturated/α-hetero) is 1. The molecule has 3 amide bonds. The number of hydrogen-bond acceptors (Lipinski definition) is 3. The molecule has 31 heavy (non-hydrogen) atoms. The van der Waals surface area contributed by atoms with Crippen LogP contribution in [-0.2, 0) is 10.3 Å². The lowest BCUT2D eigenvalue weighted by atomic mass is 9.90. The summed E-state index contributed by atoms with van der Waals surface area (Å²) >= 11 is 0. The van der Waals surface area contributed by atoms with Gasteiger partial charge in [-0.05, 0) is 42.3 Å².